The van der Waals surface area contributed by atoms with Gasteiger partial charge in [0.1, 0.15) is 29.8 Å². The van der Waals surface area contributed by atoms with Crippen molar-refractivity contribution in [3.8, 4) is 11.8 Å². The van der Waals surface area contributed by atoms with Gasteiger partial charge in [-0.1, -0.05) is 30.3 Å². The van der Waals surface area contributed by atoms with E-state index in [1.807, 2.05) is 0 Å². The molecule has 0 aliphatic carbocycles. The molecule has 0 N–H and O–H groups in total. The highest BCUT2D eigenvalue weighted by Gasteiger charge is 2.09. The summed E-state index contributed by atoms with van der Waals surface area (Å²) in [6.07, 6.45) is 1.40. The maximum atomic E-state index is 13.5. The van der Waals surface area contributed by atoms with Crippen LogP contribution >= 0.6 is 0 Å². The Hall–Kier alpha value is -3.13. The Labute approximate surface area is 133 Å². The highest BCUT2D eigenvalue weighted by atomic mass is 19.1. The first-order valence-electron chi connectivity index (χ1n) is 6.80. The fourth-order valence-electron chi connectivity index (χ4n) is 1.88. The molecule has 0 fully saturated rings. The van der Waals surface area contributed by atoms with Gasteiger partial charge in [-0.15, -0.1) is 0 Å². The van der Waals surface area contributed by atoms with E-state index in [0.29, 0.717) is 16.9 Å². The monoisotopic (exact) mass is 311 g/mol. The maximum Gasteiger partial charge on any atom is 0.348 e. The molecule has 0 bridgehead atoms. The quantitative estimate of drug-likeness (QED) is 0.482. The van der Waals surface area contributed by atoms with Gasteiger partial charge in [-0.2, -0.15) is 5.26 Å². The summed E-state index contributed by atoms with van der Waals surface area (Å²) in [7, 11) is 1.21. The Morgan fingerprint density at radius 2 is 2.04 bits per heavy atom. The van der Waals surface area contributed by atoms with Crippen molar-refractivity contribution < 1.29 is 18.7 Å². The second-order valence-electron chi connectivity index (χ2n) is 4.61. The van der Waals surface area contributed by atoms with E-state index < -0.39 is 5.97 Å². The van der Waals surface area contributed by atoms with Crippen LogP contribution < -0.4 is 4.74 Å². The molecule has 0 heterocycles. The highest BCUT2D eigenvalue weighted by molar-refractivity contribution is 5.97. The van der Waals surface area contributed by atoms with Crippen LogP contribution in [-0.4, -0.2) is 13.1 Å². The molecule has 2 aromatic rings. The molecule has 0 saturated heterocycles. The molecule has 0 amide bonds. The molecule has 0 atom stereocenters. The number of ether oxygens (including phenoxy) is 2. The molecular formula is C18H14FNO3. The lowest BCUT2D eigenvalue weighted by Crippen LogP contribution is -2.02. The topological polar surface area (TPSA) is 59.3 Å². The molecule has 0 spiro atoms. The number of hydrogen-bond donors (Lipinski definition) is 0. The summed E-state index contributed by atoms with van der Waals surface area (Å²) in [6.45, 7) is 0.0853. The summed E-state index contributed by atoms with van der Waals surface area (Å²) >= 11 is 0. The summed E-state index contributed by atoms with van der Waals surface area (Å²) in [5, 5.41) is 8.95. The highest BCUT2D eigenvalue weighted by Crippen LogP contribution is 2.18. The second-order valence-corrected chi connectivity index (χ2v) is 4.61. The third-order valence-electron chi connectivity index (χ3n) is 3.05. The van der Waals surface area contributed by atoms with Crippen LogP contribution in [-0.2, 0) is 16.1 Å². The zero-order valence-electron chi connectivity index (χ0n) is 12.5. The molecule has 0 radical (unpaired) electrons. The number of hydrogen-bond acceptors (Lipinski definition) is 4. The fourth-order valence-corrected chi connectivity index (χ4v) is 1.88. The Morgan fingerprint density at radius 3 is 2.74 bits per heavy atom. The smallest absolute Gasteiger partial charge is 0.348 e. The van der Waals surface area contributed by atoms with Crippen LogP contribution in [0.15, 0.2) is 54.1 Å². The van der Waals surface area contributed by atoms with Crippen molar-refractivity contribution in [1.29, 1.82) is 5.26 Å². The average molecular weight is 311 g/mol. The van der Waals surface area contributed by atoms with Crippen molar-refractivity contribution in [2.75, 3.05) is 7.11 Å². The molecule has 0 aromatic heterocycles. The lowest BCUT2D eigenvalue weighted by Gasteiger charge is -2.08. The maximum absolute atomic E-state index is 13.5. The van der Waals surface area contributed by atoms with Crippen LogP contribution in [0.1, 0.15) is 11.1 Å². The van der Waals surface area contributed by atoms with Gasteiger partial charge in [0.05, 0.1) is 7.11 Å². The number of halogens is 1. The van der Waals surface area contributed by atoms with Gasteiger partial charge in [0.25, 0.3) is 0 Å². The third-order valence-corrected chi connectivity index (χ3v) is 3.05. The van der Waals surface area contributed by atoms with Crippen LogP contribution in [0, 0.1) is 17.1 Å². The largest absolute Gasteiger partial charge is 0.489 e. The van der Waals surface area contributed by atoms with E-state index in [1.54, 1.807) is 48.5 Å². The van der Waals surface area contributed by atoms with Crippen LogP contribution in [0.2, 0.25) is 0 Å². The van der Waals surface area contributed by atoms with Crippen LogP contribution in [0.4, 0.5) is 4.39 Å². The Balaban J connectivity index is 2.14. The molecule has 2 aromatic carbocycles. The Kier molecular flexibility index (Phi) is 5.48. The molecule has 2 rings (SSSR count). The number of methoxy groups -OCH3 is 1. The van der Waals surface area contributed by atoms with Gasteiger partial charge in [-0.3, -0.25) is 0 Å². The van der Waals surface area contributed by atoms with Gasteiger partial charge in [-0.05, 0) is 29.8 Å². The normalized spacial score (nSPS) is 10.7. The summed E-state index contributed by atoms with van der Waals surface area (Å²) in [6, 6.07) is 14.9. The number of carbonyl (C=O) groups excluding carboxylic acids is 1. The van der Waals surface area contributed by atoms with Gasteiger partial charge in [0.2, 0.25) is 0 Å². The molecule has 5 heteroatoms. The van der Waals surface area contributed by atoms with Crippen molar-refractivity contribution in [2.45, 2.75) is 6.61 Å². The minimum atomic E-state index is -0.704. The van der Waals surface area contributed by atoms with Crippen molar-refractivity contribution in [2.24, 2.45) is 0 Å². The molecule has 0 saturated carbocycles. The molecule has 0 unspecified atom stereocenters. The van der Waals surface area contributed by atoms with E-state index in [4.69, 9.17) is 10.00 Å². The first-order valence-corrected chi connectivity index (χ1v) is 6.80. The van der Waals surface area contributed by atoms with Crippen LogP contribution in [0.3, 0.4) is 0 Å². The minimum Gasteiger partial charge on any atom is -0.489 e. The molecule has 0 aliphatic rings. The summed E-state index contributed by atoms with van der Waals surface area (Å²) < 4.78 is 23.6. The van der Waals surface area contributed by atoms with Crippen LogP contribution in [0.25, 0.3) is 6.08 Å². The standard InChI is InChI=1S/C18H14FNO3/c1-22-18(21)15(11-20)9-13-5-4-7-16(10-13)23-12-14-6-2-3-8-17(14)19/h2-10H,12H2,1H3/b15-9-. The zero-order valence-corrected chi connectivity index (χ0v) is 12.5. The minimum absolute atomic E-state index is 0.0853. The van der Waals surface area contributed by atoms with E-state index in [9.17, 15) is 9.18 Å². The summed E-state index contributed by atoms with van der Waals surface area (Å²) in [5.74, 6) is -0.532. The van der Waals surface area contributed by atoms with E-state index >= 15 is 0 Å². The van der Waals surface area contributed by atoms with Gasteiger partial charge >= 0.3 is 5.97 Å². The Bertz CT molecular complexity index is 778. The predicted octanol–water partition coefficient (Wildman–Crippen LogP) is 3.48. The van der Waals surface area contributed by atoms with E-state index in [-0.39, 0.29) is 18.0 Å². The van der Waals surface area contributed by atoms with E-state index in [0.717, 1.165) is 0 Å². The molecule has 0 aliphatic heterocycles. The van der Waals surface area contributed by atoms with Crippen molar-refractivity contribution >= 4 is 12.0 Å². The number of rotatable bonds is 5. The number of esters is 1. The van der Waals surface area contributed by atoms with Crippen molar-refractivity contribution in [3.05, 3.63) is 71.0 Å². The van der Waals surface area contributed by atoms with Gasteiger partial charge in [-0.25, -0.2) is 9.18 Å². The Morgan fingerprint density at radius 1 is 1.26 bits per heavy atom. The molecule has 116 valence electrons. The SMILES string of the molecule is COC(=O)/C(C#N)=C\c1cccc(OCc2ccccc2F)c1. The van der Waals surface area contributed by atoms with E-state index in [2.05, 4.69) is 4.74 Å². The fraction of sp³-hybridized carbons (Fsp3) is 0.111. The number of benzene rings is 2. The third kappa shape index (κ3) is 4.42. The van der Waals surface area contributed by atoms with E-state index in [1.165, 1.54) is 19.3 Å². The average Bonchev–Trinajstić information content (AvgIpc) is 2.58. The summed E-state index contributed by atoms with van der Waals surface area (Å²) in [4.78, 5) is 11.4. The zero-order chi connectivity index (χ0) is 16.7. The van der Waals surface area contributed by atoms with Crippen molar-refractivity contribution in [3.63, 3.8) is 0 Å². The number of carbonyl (C=O) groups is 1. The van der Waals surface area contributed by atoms with Gasteiger partial charge < -0.3 is 9.47 Å². The molecule has 4 nitrogen and oxygen atoms in total. The predicted molar refractivity (Wildman–Crippen MR) is 82.8 cm³/mol. The number of nitriles is 1. The summed E-state index contributed by atoms with van der Waals surface area (Å²) in [5.41, 5.74) is 0.942. The first kappa shape index (κ1) is 16.2. The lowest BCUT2D eigenvalue weighted by atomic mass is 10.1. The number of nitrogens with zero attached hydrogens (tertiary/aromatic N) is 1. The lowest BCUT2D eigenvalue weighted by molar-refractivity contribution is -0.135. The second kappa shape index (κ2) is 7.76. The van der Waals surface area contributed by atoms with Gasteiger partial charge in [0.15, 0.2) is 0 Å². The first-order chi connectivity index (χ1) is 11.1. The van der Waals surface area contributed by atoms with Gasteiger partial charge in [0, 0.05) is 5.56 Å². The van der Waals surface area contributed by atoms with Crippen molar-refractivity contribution in [1.82, 2.24) is 0 Å². The molecule has 23 heavy (non-hydrogen) atoms. The molecular weight excluding hydrogens is 297 g/mol. The van der Waals surface area contributed by atoms with Crippen LogP contribution in [0.5, 0.6) is 5.75 Å².